The van der Waals surface area contributed by atoms with E-state index in [9.17, 15) is 0 Å². The van der Waals surface area contributed by atoms with Gasteiger partial charge in [-0.15, -0.1) is 0 Å². The molecule has 2 aliphatic rings. The second kappa shape index (κ2) is 10.9. The van der Waals surface area contributed by atoms with Gasteiger partial charge in [-0.1, -0.05) is 109 Å². The van der Waals surface area contributed by atoms with Crippen LogP contribution in [0.1, 0.15) is 18.4 Å². The van der Waals surface area contributed by atoms with E-state index < -0.39 is 0 Å². The largest absolute Gasteiger partial charge is 0.456 e. The summed E-state index contributed by atoms with van der Waals surface area (Å²) in [6.45, 7) is 2.32. The van der Waals surface area contributed by atoms with E-state index in [1.54, 1.807) is 0 Å². The number of hydrogen-bond donors (Lipinski definition) is 0. The summed E-state index contributed by atoms with van der Waals surface area (Å²) in [5.41, 5.74) is 9.44. The standard InChI is InChI=1S/C46H30N4O2/c1-46-23-11-10-17-37(46)34-16-8-9-18-38(34)50(46)31-20-22-33-36-27-41-35(26-42(36)52-40(33)25-31)32-21-19-30(24-39(32)51-41)45-48-43(28-12-4-2-5-13-28)47-44(49-45)29-14-6-3-7-15-29/h2-27,37H,1H3. The minimum Gasteiger partial charge on any atom is -0.456 e. The SMILES string of the molecule is CC12C=CC=CC1c1ccccc1N2c1ccc2c(c1)oc1cc3c(cc12)oc1cc(-c2nc(-c4ccccc4)nc(-c4ccccc4)n2)ccc13. The Morgan fingerprint density at radius 2 is 1.08 bits per heavy atom. The van der Waals surface area contributed by atoms with Crippen LogP contribution in [0.2, 0.25) is 0 Å². The Morgan fingerprint density at radius 1 is 0.519 bits per heavy atom. The van der Waals surface area contributed by atoms with Crippen molar-refractivity contribution in [3.63, 3.8) is 0 Å². The fourth-order valence-electron chi connectivity index (χ4n) is 8.24. The summed E-state index contributed by atoms with van der Waals surface area (Å²) < 4.78 is 13.2. The van der Waals surface area contributed by atoms with Crippen molar-refractivity contribution in [3.05, 3.63) is 163 Å². The van der Waals surface area contributed by atoms with E-state index in [1.807, 2.05) is 66.7 Å². The van der Waals surface area contributed by atoms with E-state index in [-0.39, 0.29) is 11.5 Å². The zero-order chi connectivity index (χ0) is 34.4. The maximum atomic E-state index is 6.61. The van der Waals surface area contributed by atoms with Crippen LogP contribution in [0.15, 0.2) is 167 Å². The summed E-state index contributed by atoms with van der Waals surface area (Å²) in [5, 5.41) is 4.09. The lowest BCUT2D eigenvalue weighted by Crippen LogP contribution is -2.41. The molecule has 2 unspecified atom stereocenters. The van der Waals surface area contributed by atoms with Gasteiger partial charge in [0.25, 0.3) is 0 Å². The third-order valence-corrected chi connectivity index (χ3v) is 10.7. The van der Waals surface area contributed by atoms with Crippen molar-refractivity contribution in [2.24, 2.45) is 0 Å². The van der Waals surface area contributed by atoms with Crippen molar-refractivity contribution >= 4 is 55.3 Å². The first-order chi connectivity index (χ1) is 25.6. The van der Waals surface area contributed by atoms with Crippen molar-refractivity contribution < 1.29 is 8.83 Å². The molecule has 0 bridgehead atoms. The third kappa shape index (κ3) is 4.27. The van der Waals surface area contributed by atoms with Crippen molar-refractivity contribution in [2.45, 2.75) is 18.4 Å². The van der Waals surface area contributed by atoms with Gasteiger partial charge >= 0.3 is 0 Å². The second-order valence-corrected chi connectivity index (χ2v) is 13.8. The number of para-hydroxylation sites is 1. The molecule has 0 saturated carbocycles. The van der Waals surface area contributed by atoms with Gasteiger partial charge in [0.1, 0.15) is 22.3 Å². The summed E-state index contributed by atoms with van der Waals surface area (Å²) in [6.07, 6.45) is 8.95. The molecule has 0 amide bonds. The first-order valence-corrected chi connectivity index (χ1v) is 17.6. The average molecular weight is 671 g/mol. The average Bonchev–Trinajstić information content (AvgIpc) is 3.83. The Bertz CT molecular complexity index is 2880. The topological polar surface area (TPSA) is 68.2 Å². The molecule has 6 nitrogen and oxygen atoms in total. The van der Waals surface area contributed by atoms with Crippen molar-refractivity contribution in [1.82, 2.24) is 15.0 Å². The molecule has 2 atom stereocenters. The number of rotatable bonds is 4. The van der Waals surface area contributed by atoms with Gasteiger partial charge in [-0.05, 0) is 55.0 Å². The van der Waals surface area contributed by atoms with Crippen LogP contribution >= 0.6 is 0 Å². The van der Waals surface area contributed by atoms with Gasteiger partial charge in [-0.3, -0.25) is 0 Å². The Hall–Kier alpha value is -6.79. The number of hydrogen-bond acceptors (Lipinski definition) is 6. The van der Waals surface area contributed by atoms with Gasteiger partial charge in [-0.2, -0.15) is 0 Å². The molecular weight excluding hydrogens is 641 g/mol. The van der Waals surface area contributed by atoms with Crippen LogP contribution in [0.3, 0.4) is 0 Å². The van der Waals surface area contributed by atoms with Crippen LogP contribution in [0, 0.1) is 0 Å². The summed E-state index contributed by atoms with van der Waals surface area (Å²) in [4.78, 5) is 17.1. The summed E-state index contributed by atoms with van der Waals surface area (Å²) in [6, 6.07) is 45.7. The molecule has 6 heteroatoms. The molecule has 0 saturated heterocycles. The molecule has 9 aromatic rings. The van der Waals surface area contributed by atoms with Gasteiger partial charge in [-0.25, -0.2) is 15.0 Å². The highest BCUT2D eigenvalue weighted by Gasteiger charge is 2.46. The predicted molar refractivity (Wildman–Crippen MR) is 209 cm³/mol. The second-order valence-electron chi connectivity index (χ2n) is 13.8. The van der Waals surface area contributed by atoms with Gasteiger partial charge in [0.2, 0.25) is 0 Å². The highest BCUT2D eigenvalue weighted by Crippen LogP contribution is 2.54. The Morgan fingerprint density at radius 3 is 1.75 bits per heavy atom. The molecule has 0 spiro atoms. The number of aromatic nitrogens is 3. The Kier molecular flexibility index (Phi) is 6.05. The van der Waals surface area contributed by atoms with E-state index >= 15 is 0 Å². The fourth-order valence-corrected chi connectivity index (χ4v) is 8.24. The fraction of sp³-hybridized carbons (Fsp3) is 0.0652. The first-order valence-electron chi connectivity index (χ1n) is 17.6. The number of anilines is 2. The van der Waals surface area contributed by atoms with Gasteiger partial charge < -0.3 is 13.7 Å². The van der Waals surface area contributed by atoms with E-state index in [0.29, 0.717) is 17.5 Å². The molecule has 1 aliphatic carbocycles. The maximum absolute atomic E-state index is 6.61. The minimum atomic E-state index is -0.205. The van der Waals surface area contributed by atoms with E-state index in [4.69, 9.17) is 23.8 Å². The van der Waals surface area contributed by atoms with Crippen LogP contribution in [-0.2, 0) is 0 Å². The maximum Gasteiger partial charge on any atom is 0.164 e. The summed E-state index contributed by atoms with van der Waals surface area (Å²) in [7, 11) is 0. The Balaban J connectivity index is 1.01. The molecule has 0 radical (unpaired) electrons. The van der Waals surface area contributed by atoms with E-state index in [1.165, 1.54) is 11.3 Å². The van der Waals surface area contributed by atoms with Gasteiger partial charge in [0.05, 0.1) is 5.54 Å². The third-order valence-electron chi connectivity index (χ3n) is 10.7. The minimum absolute atomic E-state index is 0.205. The summed E-state index contributed by atoms with van der Waals surface area (Å²) in [5.74, 6) is 2.12. The lowest BCUT2D eigenvalue weighted by Gasteiger charge is -2.39. The monoisotopic (exact) mass is 670 g/mol. The normalized spacial score (nSPS) is 17.8. The van der Waals surface area contributed by atoms with Crippen LogP contribution in [0.25, 0.3) is 78.0 Å². The van der Waals surface area contributed by atoms with Crippen LogP contribution < -0.4 is 4.90 Å². The molecule has 246 valence electrons. The lowest BCUT2D eigenvalue weighted by atomic mass is 9.80. The summed E-state index contributed by atoms with van der Waals surface area (Å²) >= 11 is 0. The molecule has 3 aromatic heterocycles. The molecule has 4 heterocycles. The smallest absolute Gasteiger partial charge is 0.164 e. The Labute approximate surface area is 299 Å². The van der Waals surface area contributed by atoms with Crippen LogP contribution in [0.4, 0.5) is 11.4 Å². The van der Waals surface area contributed by atoms with Crippen LogP contribution in [-0.4, -0.2) is 20.5 Å². The van der Waals surface area contributed by atoms with Crippen LogP contribution in [0.5, 0.6) is 0 Å². The zero-order valence-corrected chi connectivity index (χ0v) is 28.2. The quantitative estimate of drug-likeness (QED) is 0.186. The molecule has 11 rings (SSSR count). The zero-order valence-electron chi connectivity index (χ0n) is 28.2. The number of benzene rings is 6. The van der Waals surface area contributed by atoms with E-state index in [0.717, 1.165) is 66.3 Å². The molecular formula is C46H30N4O2. The highest BCUT2D eigenvalue weighted by molar-refractivity contribution is 6.15. The molecule has 0 fully saturated rings. The number of nitrogens with zero attached hydrogens (tertiary/aromatic N) is 4. The van der Waals surface area contributed by atoms with Crippen molar-refractivity contribution in [3.8, 4) is 34.2 Å². The van der Waals surface area contributed by atoms with Crippen molar-refractivity contribution in [2.75, 3.05) is 4.90 Å². The number of fused-ring (bicyclic) bond motifs is 9. The first kappa shape index (κ1) is 29.0. The number of allylic oxidation sites excluding steroid dienone is 2. The molecule has 0 N–H and O–H groups in total. The lowest BCUT2D eigenvalue weighted by molar-refractivity contribution is 0.542. The van der Waals surface area contributed by atoms with Crippen molar-refractivity contribution in [1.29, 1.82) is 0 Å². The molecule has 52 heavy (non-hydrogen) atoms. The predicted octanol–water partition coefficient (Wildman–Crippen LogP) is 11.8. The van der Waals surface area contributed by atoms with Gasteiger partial charge in [0, 0.05) is 61.6 Å². The highest BCUT2D eigenvalue weighted by atomic mass is 16.3. The molecule has 1 aliphatic heterocycles. The molecule has 6 aromatic carbocycles. The van der Waals surface area contributed by atoms with Gasteiger partial charge in [0.15, 0.2) is 17.5 Å². The number of furan rings is 2. The van der Waals surface area contributed by atoms with E-state index in [2.05, 4.69) is 103 Å².